The lowest BCUT2D eigenvalue weighted by Gasteiger charge is -2.07. The largest absolute Gasteiger partial charge is 0.397 e. The van der Waals surface area contributed by atoms with Crippen LogP contribution in [0.15, 0.2) is 40.6 Å². The van der Waals surface area contributed by atoms with E-state index in [1.54, 1.807) is 28.3 Å². The molecule has 2 aromatic rings. The molecular weight excluding hydrogens is 262 g/mol. The van der Waals surface area contributed by atoms with Crippen LogP contribution in [0.3, 0.4) is 0 Å². The molecule has 0 radical (unpaired) electrons. The molecule has 0 spiro atoms. The second kappa shape index (κ2) is 6.19. The number of para-hydroxylation sites is 2. The number of carbonyl (C=O) groups is 1. The Hall–Kier alpha value is -2.08. The van der Waals surface area contributed by atoms with Crippen molar-refractivity contribution in [2.75, 3.05) is 11.1 Å². The van der Waals surface area contributed by atoms with E-state index >= 15 is 0 Å². The maximum absolute atomic E-state index is 11.7. The molecule has 2 rings (SSSR count). The minimum Gasteiger partial charge on any atom is -0.397 e. The highest BCUT2D eigenvalue weighted by atomic mass is 32.1. The molecule has 1 aromatic carbocycles. The Morgan fingerprint density at radius 3 is 2.84 bits per heavy atom. The number of amides is 1. The molecule has 0 aliphatic rings. The average molecular weight is 277 g/mol. The summed E-state index contributed by atoms with van der Waals surface area (Å²) in [4.78, 5) is 23.0. The van der Waals surface area contributed by atoms with Gasteiger partial charge < -0.3 is 15.6 Å². The van der Waals surface area contributed by atoms with Crippen molar-refractivity contribution in [3.8, 4) is 0 Å². The standard InChI is InChI=1S/C13H15N3O2S/c14-10-4-1-2-5-11(10)15-12(17)6-3-7-16-8-9-19-13(16)18/h1-2,4-5,8-9H,3,6-7,14H2,(H,15,17). The summed E-state index contributed by atoms with van der Waals surface area (Å²) >= 11 is 1.16. The molecule has 0 atom stereocenters. The van der Waals surface area contributed by atoms with E-state index in [-0.39, 0.29) is 10.8 Å². The van der Waals surface area contributed by atoms with Gasteiger partial charge >= 0.3 is 4.87 Å². The number of nitrogens with zero attached hydrogens (tertiary/aromatic N) is 1. The van der Waals surface area contributed by atoms with Gasteiger partial charge in [-0.1, -0.05) is 23.5 Å². The number of aromatic nitrogens is 1. The van der Waals surface area contributed by atoms with Crippen LogP contribution < -0.4 is 15.9 Å². The summed E-state index contributed by atoms with van der Waals surface area (Å²) in [6, 6.07) is 7.13. The van der Waals surface area contributed by atoms with Crippen molar-refractivity contribution in [1.29, 1.82) is 0 Å². The fourth-order valence-corrected chi connectivity index (χ4v) is 2.30. The Balaban J connectivity index is 1.81. The zero-order valence-electron chi connectivity index (χ0n) is 10.3. The maximum Gasteiger partial charge on any atom is 0.307 e. The number of thiazole rings is 1. The number of nitrogens with two attached hydrogens (primary N) is 1. The van der Waals surface area contributed by atoms with Crippen molar-refractivity contribution >= 4 is 28.6 Å². The minimum atomic E-state index is -0.0961. The van der Waals surface area contributed by atoms with E-state index in [2.05, 4.69) is 5.32 Å². The number of anilines is 2. The van der Waals surface area contributed by atoms with Crippen molar-refractivity contribution < 1.29 is 4.79 Å². The van der Waals surface area contributed by atoms with Gasteiger partial charge in [-0.05, 0) is 18.6 Å². The first-order valence-electron chi connectivity index (χ1n) is 5.95. The molecule has 100 valence electrons. The number of hydrogen-bond donors (Lipinski definition) is 2. The molecular formula is C13H15N3O2S. The van der Waals surface area contributed by atoms with Gasteiger partial charge in [0, 0.05) is 24.5 Å². The predicted octanol–water partition coefficient (Wildman–Crippen LogP) is 1.91. The van der Waals surface area contributed by atoms with E-state index in [0.717, 1.165) is 11.3 Å². The summed E-state index contributed by atoms with van der Waals surface area (Å²) in [5, 5.41) is 4.50. The van der Waals surface area contributed by atoms with Crippen LogP contribution in [-0.4, -0.2) is 10.5 Å². The Morgan fingerprint density at radius 2 is 2.16 bits per heavy atom. The SMILES string of the molecule is Nc1ccccc1NC(=O)CCCn1ccsc1=O. The number of aryl methyl sites for hydroxylation is 1. The number of nitrogen functional groups attached to an aromatic ring is 1. The van der Waals surface area contributed by atoms with Gasteiger partial charge in [0.1, 0.15) is 0 Å². The fourth-order valence-electron chi connectivity index (χ4n) is 1.69. The number of hydrogen-bond acceptors (Lipinski definition) is 4. The lowest BCUT2D eigenvalue weighted by atomic mass is 10.2. The molecule has 0 unspecified atom stereocenters. The third-order valence-corrected chi connectivity index (χ3v) is 3.38. The summed E-state index contributed by atoms with van der Waals surface area (Å²) in [5.74, 6) is -0.0961. The normalized spacial score (nSPS) is 10.3. The quantitative estimate of drug-likeness (QED) is 0.820. The van der Waals surface area contributed by atoms with Crippen LogP contribution in [0.1, 0.15) is 12.8 Å². The highest BCUT2D eigenvalue weighted by molar-refractivity contribution is 7.07. The van der Waals surface area contributed by atoms with Crippen molar-refractivity contribution in [3.63, 3.8) is 0 Å². The van der Waals surface area contributed by atoms with E-state index in [1.165, 1.54) is 0 Å². The Bertz CT molecular complexity index is 618. The second-order valence-corrected chi connectivity index (χ2v) is 4.96. The molecule has 1 heterocycles. The predicted molar refractivity (Wildman–Crippen MR) is 77.3 cm³/mol. The third kappa shape index (κ3) is 3.69. The van der Waals surface area contributed by atoms with Gasteiger partial charge in [-0.3, -0.25) is 9.59 Å². The zero-order chi connectivity index (χ0) is 13.7. The van der Waals surface area contributed by atoms with Crippen LogP contribution in [0.2, 0.25) is 0 Å². The average Bonchev–Trinajstić information content (AvgIpc) is 2.78. The zero-order valence-corrected chi connectivity index (χ0v) is 11.2. The minimum absolute atomic E-state index is 0.00714. The van der Waals surface area contributed by atoms with E-state index in [1.807, 2.05) is 12.1 Å². The second-order valence-electron chi connectivity index (χ2n) is 4.10. The molecule has 0 fully saturated rings. The molecule has 0 saturated carbocycles. The molecule has 5 nitrogen and oxygen atoms in total. The van der Waals surface area contributed by atoms with E-state index in [4.69, 9.17) is 5.73 Å². The molecule has 1 aromatic heterocycles. The molecule has 3 N–H and O–H groups in total. The Morgan fingerprint density at radius 1 is 1.37 bits per heavy atom. The first kappa shape index (κ1) is 13.4. The molecule has 0 bridgehead atoms. The van der Waals surface area contributed by atoms with Crippen LogP contribution in [0.5, 0.6) is 0 Å². The molecule has 19 heavy (non-hydrogen) atoms. The summed E-state index contributed by atoms with van der Waals surface area (Å²) in [7, 11) is 0. The van der Waals surface area contributed by atoms with Crippen LogP contribution >= 0.6 is 11.3 Å². The number of benzene rings is 1. The lowest BCUT2D eigenvalue weighted by Crippen LogP contribution is -2.16. The van der Waals surface area contributed by atoms with Crippen LogP contribution in [0, 0.1) is 0 Å². The number of rotatable bonds is 5. The smallest absolute Gasteiger partial charge is 0.307 e. The number of carbonyl (C=O) groups excluding carboxylic acids is 1. The summed E-state index contributed by atoms with van der Waals surface area (Å²) in [5.41, 5.74) is 6.91. The van der Waals surface area contributed by atoms with E-state index < -0.39 is 0 Å². The van der Waals surface area contributed by atoms with Gasteiger partial charge in [-0.2, -0.15) is 0 Å². The monoisotopic (exact) mass is 277 g/mol. The van der Waals surface area contributed by atoms with Crippen molar-refractivity contribution in [2.45, 2.75) is 19.4 Å². The van der Waals surface area contributed by atoms with Crippen LogP contribution in [-0.2, 0) is 11.3 Å². The summed E-state index contributed by atoms with van der Waals surface area (Å²) in [6.07, 6.45) is 2.71. The van der Waals surface area contributed by atoms with E-state index in [9.17, 15) is 9.59 Å². The van der Waals surface area contributed by atoms with Crippen LogP contribution in [0.25, 0.3) is 0 Å². The van der Waals surface area contributed by atoms with Gasteiger partial charge in [0.05, 0.1) is 11.4 Å². The van der Waals surface area contributed by atoms with Gasteiger partial charge in [-0.15, -0.1) is 0 Å². The van der Waals surface area contributed by atoms with Crippen molar-refractivity contribution in [2.24, 2.45) is 0 Å². The fraction of sp³-hybridized carbons (Fsp3) is 0.231. The van der Waals surface area contributed by atoms with Crippen LogP contribution in [0.4, 0.5) is 11.4 Å². The maximum atomic E-state index is 11.7. The molecule has 0 aliphatic heterocycles. The van der Waals surface area contributed by atoms with Crippen molar-refractivity contribution in [1.82, 2.24) is 4.57 Å². The van der Waals surface area contributed by atoms with E-state index in [0.29, 0.717) is 30.8 Å². The van der Waals surface area contributed by atoms with Gasteiger partial charge in [-0.25, -0.2) is 0 Å². The molecule has 0 saturated heterocycles. The molecule has 0 aliphatic carbocycles. The Labute approximate surface area is 114 Å². The highest BCUT2D eigenvalue weighted by Gasteiger charge is 2.05. The van der Waals surface area contributed by atoms with Crippen molar-refractivity contribution in [3.05, 3.63) is 45.5 Å². The lowest BCUT2D eigenvalue weighted by molar-refractivity contribution is -0.116. The third-order valence-electron chi connectivity index (χ3n) is 2.68. The molecule has 6 heteroatoms. The van der Waals surface area contributed by atoms with Gasteiger partial charge in [0.25, 0.3) is 0 Å². The number of nitrogens with one attached hydrogen (secondary N) is 1. The highest BCUT2D eigenvalue weighted by Crippen LogP contribution is 2.16. The molecule has 1 amide bonds. The topological polar surface area (TPSA) is 77.1 Å². The first-order valence-corrected chi connectivity index (χ1v) is 6.83. The summed E-state index contributed by atoms with van der Waals surface area (Å²) in [6.45, 7) is 0.556. The van der Waals surface area contributed by atoms with Gasteiger partial charge in [0.2, 0.25) is 5.91 Å². The first-order chi connectivity index (χ1) is 9.16. The Kier molecular flexibility index (Phi) is 4.35. The van der Waals surface area contributed by atoms with Gasteiger partial charge in [0.15, 0.2) is 0 Å². The summed E-state index contributed by atoms with van der Waals surface area (Å²) < 4.78 is 1.61.